The number of aromatic nitrogens is 5. The van der Waals surface area contributed by atoms with Crippen molar-refractivity contribution in [2.24, 2.45) is 0 Å². The molecule has 7 nitrogen and oxygen atoms in total. The molecule has 0 saturated carbocycles. The maximum absolute atomic E-state index is 12.2. The van der Waals surface area contributed by atoms with E-state index in [1.165, 1.54) is 0 Å². The van der Waals surface area contributed by atoms with Gasteiger partial charge in [0.25, 0.3) is 5.91 Å². The number of benzene rings is 1. The van der Waals surface area contributed by atoms with Crippen LogP contribution in [0.25, 0.3) is 0 Å². The summed E-state index contributed by atoms with van der Waals surface area (Å²) in [5.41, 5.74) is 2.83. The summed E-state index contributed by atoms with van der Waals surface area (Å²) in [4.78, 5) is 16.1. The van der Waals surface area contributed by atoms with Gasteiger partial charge in [-0.05, 0) is 59.2 Å². The van der Waals surface area contributed by atoms with Gasteiger partial charge in [-0.25, -0.2) is 4.68 Å². The predicted octanol–water partition coefficient (Wildman–Crippen LogP) is 1.40. The predicted molar refractivity (Wildman–Crippen MR) is 88.4 cm³/mol. The van der Waals surface area contributed by atoms with Crippen LogP contribution in [0.4, 0.5) is 0 Å². The lowest BCUT2D eigenvalue weighted by Crippen LogP contribution is -2.25. The molecule has 0 unspecified atom stereocenters. The average molecular weight is 322 g/mol. The second-order valence-electron chi connectivity index (χ2n) is 5.44. The van der Waals surface area contributed by atoms with Crippen LogP contribution in [-0.2, 0) is 13.0 Å². The zero-order valence-electron chi connectivity index (χ0n) is 13.4. The molecule has 1 aromatic carbocycles. The van der Waals surface area contributed by atoms with Gasteiger partial charge in [0.2, 0.25) is 0 Å². The van der Waals surface area contributed by atoms with E-state index >= 15 is 0 Å². The number of nitrogens with one attached hydrogen (secondary N) is 1. The molecule has 1 amide bonds. The van der Waals surface area contributed by atoms with Crippen molar-refractivity contribution in [3.8, 4) is 0 Å². The fraction of sp³-hybridized carbons (Fsp3) is 0.235. The normalized spacial score (nSPS) is 10.5. The van der Waals surface area contributed by atoms with Crippen LogP contribution >= 0.6 is 0 Å². The summed E-state index contributed by atoms with van der Waals surface area (Å²) < 4.78 is 1.71. The van der Waals surface area contributed by atoms with Crippen molar-refractivity contribution in [2.45, 2.75) is 19.9 Å². The van der Waals surface area contributed by atoms with Gasteiger partial charge < -0.3 is 5.32 Å². The molecular formula is C17H18N6O. The van der Waals surface area contributed by atoms with Crippen LogP contribution in [0.2, 0.25) is 0 Å². The Bertz CT molecular complexity index is 797. The third-order valence-corrected chi connectivity index (χ3v) is 3.71. The summed E-state index contributed by atoms with van der Waals surface area (Å²) in [6.45, 7) is 3.03. The number of aryl methyl sites for hydroxylation is 1. The lowest BCUT2D eigenvalue weighted by Gasteiger charge is -2.07. The van der Waals surface area contributed by atoms with Gasteiger partial charge in [-0.2, -0.15) is 0 Å². The van der Waals surface area contributed by atoms with E-state index in [4.69, 9.17) is 0 Å². The number of carbonyl (C=O) groups excluding carboxylic acids is 1. The van der Waals surface area contributed by atoms with Crippen LogP contribution < -0.4 is 5.32 Å². The Hall–Kier alpha value is -3.09. The summed E-state index contributed by atoms with van der Waals surface area (Å²) in [5.74, 6) is 0.683. The molecule has 24 heavy (non-hydrogen) atoms. The Morgan fingerprint density at radius 1 is 1.08 bits per heavy atom. The van der Waals surface area contributed by atoms with Crippen LogP contribution in [0, 0.1) is 6.92 Å². The van der Waals surface area contributed by atoms with Gasteiger partial charge in [-0.15, -0.1) is 5.10 Å². The first-order valence-electron chi connectivity index (χ1n) is 7.71. The topological polar surface area (TPSA) is 85.6 Å². The van der Waals surface area contributed by atoms with E-state index in [1.807, 2.05) is 43.3 Å². The SMILES string of the molecule is Cc1nnnn1Cc1ccc(C(=O)NCCc2ccncc2)cc1. The van der Waals surface area contributed by atoms with Crippen molar-refractivity contribution in [2.75, 3.05) is 6.54 Å². The van der Waals surface area contributed by atoms with Crippen LogP contribution in [-0.4, -0.2) is 37.6 Å². The number of amides is 1. The van der Waals surface area contributed by atoms with Gasteiger partial charge in [0.15, 0.2) is 0 Å². The van der Waals surface area contributed by atoms with Gasteiger partial charge in [-0.1, -0.05) is 12.1 Å². The highest BCUT2D eigenvalue weighted by Gasteiger charge is 2.06. The molecule has 0 spiro atoms. The smallest absolute Gasteiger partial charge is 0.251 e. The number of carbonyl (C=O) groups is 1. The molecule has 0 bridgehead atoms. The number of hydrogen-bond acceptors (Lipinski definition) is 5. The molecule has 7 heteroatoms. The summed E-state index contributed by atoms with van der Waals surface area (Å²) in [6.07, 6.45) is 4.29. The molecule has 0 atom stereocenters. The maximum Gasteiger partial charge on any atom is 0.251 e. The van der Waals surface area contributed by atoms with Gasteiger partial charge in [0.1, 0.15) is 5.82 Å². The molecule has 2 aromatic heterocycles. The minimum Gasteiger partial charge on any atom is -0.352 e. The van der Waals surface area contributed by atoms with Crippen LogP contribution in [0.3, 0.4) is 0 Å². The molecule has 0 radical (unpaired) electrons. The van der Waals surface area contributed by atoms with Crippen LogP contribution in [0.15, 0.2) is 48.8 Å². The lowest BCUT2D eigenvalue weighted by atomic mass is 10.1. The maximum atomic E-state index is 12.2. The highest BCUT2D eigenvalue weighted by Crippen LogP contribution is 2.07. The largest absolute Gasteiger partial charge is 0.352 e. The van der Waals surface area contributed by atoms with E-state index < -0.39 is 0 Å². The molecule has 3 aromatic rings. The molecule has 1 N–H and O–H groups in total. The Kier molecular flexibility index (Phi) is 4.90. The summed E-state index contributed by atoms with van der Waals surface area (Å²) in [7, 11) is 0. The number of rotatable bonds is 6. The first kappa shape index (κ1) is 15.8. The van der Waals surface area contributed by atoms with Crippen molar-refractivity contribution >= 4 is 5.91 Å². The Balaban J connectivity index is 1.53. The van der Waals surface area contributed by atoms with E-state index in [-0.39, 0.29) is 5.91 Å². The highest BCUT2D eigenvalue weighted by molar-refractivity contribution is 5.94. The fourth-order valence-electron chi connectivity index (χ4n) is 2.30. The van der Waals surface area contributed by atoms with E-state index in [2.05, 4.69) is 25.8 Å². The van der Waals surface area contributed by atoms with E-state index in [0.717, 1.165) is 23.4 Å². The van der Waals surface area contributed by atoms with Crippen molar-refractivity contribution in [3.63, 3.8) is 0 Å². The zero-order valence-corrected chi connectivity index (χ0v) is 13.4. The number of hydrogen-bond donors (Lipinski definition) is 1. The Morgan fingerprint density at radius 2 is 1.83 bits per heavy atom. The van der Waals surface area contributed by atoms with Crippen molar-refractivity contribution < 1.29 is 4.79 Å². The molecule has 0 aliphatic heterocycles. The van der Waals surface area contributed by atoms with Gasteiger partial charge in [0.05, 0.1) is 6.54 Å². The summed E-state index contributed by atoms with van der Waals surface area (Å²) in [6, 6.07) is 11.4. The summed E-state index contributed by atoms with van der Waals surface area (Å²) >= 11 is 0. The minimum absolute atomic E-state index is 0.0748. The molecule has 0 aliphatic rings. The quantitative estimate of drug-likeness (QED) is 0.741. The molecule has 122 valence electrons. The second-order valence-corrected chi connectivity index (χ2v) is 5.44. The third-order valence-electron chi connectivity index (χ3n) is 3.71. The van der Waals surface area contributed by atoms with Crippen LogP contribution in [0.5, 0.6) is 0 Å². The fourth-order valence-corrected chi connectivity index (χ4v) is 2.30. The molecule has 0 aliphatic carbocycles. The van der Waals surface area contributed by atoms with Crippen molar-refractivity contribution in [1.82, 2.24) is 30.5 Å². The Morgan fingerprint density at radius 3 is 2.50 bits per heavy atom. The molecule has 0 fully saturated rings. The van der Waals surface area contributed by atoms with Gasteiger partial charge in [0, 0.05) is 24.5 Å². The third kappa shape index (κ3) is 4.01. The first-order chi connectivity index (χ1) is 11.7. The Labute approximate surface area is 139 Å². The zero-order chi connectivity index (χ0) is 16.8. The molecule has 0 saturated heterocycles. The second kappa shape index (κ2) is 7.45. The van der Waals surface area contributed by atoms with Gasteiger partial charge in [-0.3, -0.25) is 9.78 Å². The minimum atomic E-state index is -0.0748. The average Bonchev–Trinajstić information content (AvgIpc) is 3.01. The van der Waals surface area contributed by atoms with E-state index in [0.29, 0.717) is 18.7 Å². The van der Waals surface area contributed by atoms with E-state index in [1.54, 1.807) is 17.1 Å². The lowest BCUT2D eigenvalue weighted by molar-refractivity contribution is 0.0954. The number of tetrazole rings is 1. The van der Waals surface area contributed by atoms with Crippen LogP contribution in [0.1, 0.15) is 27.3 Å². The van der Waals surface area contributed by atoms with E-state index in [9.17, 15) is 4.79 Å². The number of pyridine rings is 1. The molecular weight excluding hydrogens is 304 g/mol. The first-order valence-corrected chi connectivity index (χ1v) is 7.71. The number of nitrogens with zero attached hydrogens (tertiary/aromatic N) is 5. The monoisotopic (exact) mass is 322 g/mol. The van der Waals surface area contributed by atoms with Gasteiger partial charge >= 0.3 is 0 Å². The van der Waals surface area contributed by atoms with Crippen molar-refractivity contribution in [3.05, 3.63) is 71.3 Å². The standard InChI is InChI=1S/C17H18N6O/c1-13-20-21-22-23(13)12-15-2-4-16(5-3-15)17(24)19-11-8-14-6-9-18-10-7-14/h2-7,9-10H,8,11-12H2,1H3,(H,19,24). The van der Waals surface area contributed by atoms with Crippen molar-refractivity contribution in [1.29, 1.82) is 0 Å². The molecule has 2 heterocycles. The molecule has 3 rings (SSSR count). The highest BCUT2D eigenvalue weighted by atomic mass is 16.1. The summed E-state index contributed by atoms with van der Waals surface area (Å²) in [5, 5.41) is 14.3.